The predicted molar refractivity (Wildman–Crippen MR) is 141 cm³/mol. The maximum Gasteiger partial charge on any atom is 0.459 e. The minimum Gasteiger partial charge on any atom is -0.480 e. The third-order valence-electron chi connectivity index (χ3n) is 6.23. The van der Waals surface area contributed by atoms with Crippen LogP contribution in [0.15, 0.2) is 60.9 Å². The van der Waals surface area contributed by atoms with Crippen molar-refractivity contribution >= 4 is 41.6 Å². The van der Waals surface area contributed by atoms with Gasteiger partial charge in [-0.15, -0.1) is 0 Å². The Morgan fingerprint density at radius 3 is 2.79 bits per heavy atom. The number of hydrogen-bond donors (Lipinski definition) is 3. The van der Waals surface area contributed by atoms with Crippen molar-refractivity contribution in [1.29, 1.82) is 0 Å². The van der Waals surface area contributed by atoms with Gasteiger partial charge in [0.15, 0.2) is 11.2 Å². The summed E-state index contributed by atoms with van der Waals surface area (Å²) in [5.74, 6) is -0.649. The first-order valence-electron chi connectivity index (χ1n) is 11.9. The fourth-order valence-electron chi connectivity index (χ4n) is 4.31. The monoisotopic (exact) mass is 538 g/mol. The molecule has 2 heterocycles. The second kappa shape index (κ2) is 10.4. The number of benzene rings is 2. The molecule has 12 nitrogen and oxygen atoms in total. The van der Waals surface area contributed by atoms with Crippen molar-refractivity contribution in [2.24, 2.45) is 5.92 Å². The van der Waals surface area contributed by atoms with E-state index in [0.29, 0.717) is 29.2 Å². The number of imidazole rings is 1. The van der Waals surface area contributed by atoms with E-state index in [0.717, 1.165) is 10.8 Å². The Kier molecular flexibility index (Phi) is 7.02. The Bertz CT molecular complexity index is 1570. The topological polar surface area (TPSA) is 164 Å². The van der Waals surface area contributed by atoms with Crippen molar-refractivity contribution < 1.29 is 28.3 Å². The van der Waals surface area contributed by atoms with Crippen LogP contribution >= 0.6 is 7.75 Å². The normalized spacial score (nSPS) is 19.4. The summed E-state index contributed by atoms with van der Waals surface area (Å²) in [6, 6.07) is 11.6. The van der Waals surface area contributed by atoms with Crippen LogP contribution in [-0.2, 0) is 13.9 Å². The molecule has 0 saturated carbocycles. The van der Waals surface area contributed by atoms with Crippen LogP contribution in [0.3, 0.4) is 0 Å². The molecule has 0 amide bonds. The Labute approximate surface area is 218 Å². The van der Waals surface area contributed by atoms with Crippen molar-refractivity contribution in [3.63, 3.8) is 0 Å². The molecule has 4 aromatic rings. The van der Waals surface area contributed by atoms with Crippen molar-refractivity contribution in [3.05, 3.63) is 60.9 Å². The second-order valence-electron chi connectivity index (χ2n) is 8.95. The lowest BCUT2D eigenvalue weighted by atomic mass is 10.1. The Morgan fingerprint density at radius 2 is 2.03 bits per heavy atom. The maximum atomic E-state index is 13.7. The lowest BCUT2D eigenvalue weighted by Crippen LogP contribution is -2.33. The van der Waals surface area contributed by atoms with Crippen molar-refractivity contribution in [2.75, 3.05) is 19.5 Å². The Hall–Kier alpha value is -3.99. The number of carboxylic acid groups (broad SMARTS) is 1. The van der Waals surface area contributed by atoms with Crippen molar-refractivity contribution in [1.82, 2.24) is 24.6 Å². The van der Waals surface area contributed by atoms with Gasteiger partial charge in [-0.2, -0.15) is 15.1 Å². The van der Waals surface area contributed by atoms with E-state index in [4.69, 9.17) is 19.5 Å². The molecule has 4 atom stereocenters. The van der Waals surface area contributed by atoms with Gasteiger partial charge >= 0.3 is 13.7 Å². The average Bonchev–Trinajstić information content (AvgIpc) is 3.54. The molecule has 0 saturated heterocycles. The molecule has 1 unspecified atom stereocenters. The molecule has 13 heteroatoms. The molecule has 0 fully saturated rings. The molecule has 2 aromatic carbocycles. The molecule has 4 N–H and O–H groups in total. The predicted octanol–water partition coefficient (Wildman–Crippen LogP) is 3.95. The number of rotatable bonds is 10. The number of aliphatic carboxylic acids is 1. The number of nitrogens with one attached hydrogen (secondary N) is 1. The van der Waals surface area contributed by atoms with Crippen LogP contribution in [0.25, 0.3) is 21.9 Å². The molecule has 2 aromatic heterocycles. The second-order valence-corrected chi connectivity index (χ2v) is 10.6. The summed E-state index contributed by atoms with van der Waals surface area (Å²) in [4.78, 5) is 24.2. The number of carbonyl (C=O) groups is 1. The highest BCUT2D eigenvalue weighted by atomic mass is 31.2. The number of fused-ring (bicyclic) bond motifs is 2. The summed E-state index contributed by atoms with van der Waals surface area (Å²) in [7, 11) is -2.57. The highest BCUT2D eigenvalue weighted by molar-refractivity contribution is 7.52. The summed E-state index contributed by atoms with van der Waals surface area (Å²) in [6.07, 6.45) is 6.16. The maximum absolute atomic E-state index is 13.7. The van der Waals surface area contributed by atoms with Crippen molar-refractivity contribution in [3.8, 4) is 11.6 Å². The number of carboxylic acids is 1. The van der Waals surface area contributed by atoms with E-state index in [1.807, 2.05) is 47.1 Å². The minimum atomic E-state index is -4.06. The molecule has 0 radical (unpaired) electrons. The first kappa shape index (κ1) is 25.7. The molecular weight excluding hydrogens is 511 g/mol. The standard InChI is InChI=1S/C25H27N6O6P/c1-15(24(32)33)30-38(34,37-20-10-8-17-5-3-4-6-18(17)12-20)36-13-16-7-9-19(11-16)31-14-27-21-22(31)28-25(26)29-23(21)35-2/h3-10,12,14-16,19H,11,13H2,1-2H3,(H,30,34)(H,32,33)(H2,26,28,29)/t15-,16+,19-,38?/m0/s1. The molecule has 1 aliphatic rings. The number of ether oxygens (including phenoxy) is 1. The number of nitrogens with zero attached hydrogens (tertiary/aromatic N) is 4. The average molecular weight is 539 g/mol. The summed E-state index contributed by atoms with van der Waals surface area (Å²) < 4.78 is 32.3. The molecule has 1 aliphatic carbocycles. The van der Waals surface area contributed by atoms with Gasteiger partial charge in [0.1, 0.15) is 11.8 Å². The van der Waals surface area contributed by atoms with E-state index in [-0.39, 0.29) is 24.5 Å². The number of nitrogens with two attached hydrogens (primary N) is 1. The summed E-state index contributed by atoms with van der Waals surface area (Å²) in [5.41, 5.74) is 6.86. The number of nitrogen functional groups attached to an aromatic ring is 1. The zero-order valence-electron chi connectivity index (χ0n) is 20.7. The summed E-state index contributed by atoms with van der Waals surface area (Å²) in [5, 5.41) is 13.8. The fourth-order valence-corrected chi connectivity index (χ4v) is 5.86. The highest BCUT2D eigenvalue weighted by Crippen LogP contribution is 2.46. The van der Waals surface area contributed by atoms with Gasteiger partial charge in [-0.05, 0) is 36.2 Å². The van der Waals surface area contributed by atoms with Gasteiger partial charge in [-0.1, -0.05) is 42.5 Å². The molecule has 38 heavy (non-hydrogen) atoms. The number of hydrogen-bond acceptors (Lipinski definition) is 9. The third-order valence-corrected chi connectivity index (χ3v) is 7.88. The fraction of sp³-hybridized carbons (Fsp3) is 0.280. The largest absolute Gasteiger partial charge is 0.480 e. The lowest BCUT2D eigenvalue weighted by Gasteiger charge is -2.23. The number of methoxy groups -OCH3 is 1. The van der Waals surface area contributed by atoms with Crippen LogP contribution in [0.5, 0.6) is 11.6 Å². The van der Waals surface area contributed by atoms with E-state index < -0.39 is 19.8 Å². The number of aromatic nitrogens is 4. The van der Waals surface area contributed by atoms with Gasteiger partial charge in [0.25, 0.3) is 0 Å². The van der Waals surface area contributed by atoms with Crippen LogP contribution in [0, 0.1) is 5.92 Å². The Morgan fingerprint density at radius 1 is 1.24 bits per heavy atom. The van der Waals surface area contributed by atoms with Gasteiger partial charge in [-0.3, -0.25) is 9.32 Å². The van der Waals surface area contributed by atoms with E-state index in [1.165, 1.54) is 14.0 Å². The highest BCUT2D eigenvalue weighted by Gasteiger charge is 2.33. The molecule has 0 spiro atoms. The lowest BCUT2D eigenvalue weighted by molar-refractivity contribution is -0.138. The van der Waals surface area contributed by atoms with Crippen LogP contribution in [0.4, 0.5) is 5.95 Å². The first-order valence-corrected chi connectivity index (χ1v) is 13.4. The Balaban J connectivity index is 1.31. The number of anilines is 1. The van der Waals surface area contributed by atoms with E-state index >= 15 is 0 Å². The summed E-state index contributed by atoms with van der Waals surface area (Å²) >= 11 is 0. The molecular formula is C25H27N6O6P. The van der Waals surface area contributed by atoms with Crippen LogP contribution < -0.4 is 20.1 Å². The van der Waals surface area contributed by atoms with Gasteiger partial charge in [0.05, 0.1) is 26.1 Å². The van der Waals surface area contributed by atoms with Gasteiger partial charge in [-0.25, -0.2) is 9.55 Å². The SMILES string of the molecule is COc1nc(N)nc2c1ncn2[C@H]1C=C[C@@H](COP(=O)(N[C@@H](C)C(=O)O)Oc2ccc3ccccc3c2)C1. The molecule has 0 bridgehead atoms. The first-order chi connectivity index (χ1) is 18.2. The third kappa shape index (κ3) is 5.33. The zero-order valence-corrected chi connectivity index (χ0v) is 21.6. The summed E-state index contributed by atoms with van der Waals surface area (Å²) in [6.45, 7) is 1.41. The van der Waals surface area contributed by atoms with Gasteiger partial charge in [0, 0.05) is 5.92 Å². The molecule has 198 valence electrons. The zero-order chi connectivity index (χ0) is 26.9. The van der Waals surface area contributed by atoms with Gasteiger partial charge < -0.3 is 24.7 Å². The van der Waals surface area contributed by atoms with E-state index in [1.54, 1.807) is 18.5 Å². The van der Waals surface area contributed by atoms with Crippen LogP contribution in [0.1, 0.15) is 19.4 Å². The number of allylic oxidation sites excluding steroid dienone is 1. The van der Waals surface area contributed by atoms with Crippen molar-refractivity contribution in [2.45, 2.75) is 25.4 Å². The molecule has 5 rings (SSSR count). The van der Waals surface area contributed by atoms with E-state index in [9.17, 15) is 14.5 Å². The van der Waals surface area contributed by atoms with Gasteiger partial charge in [0.2, 0.25) is 11.8 Å². The quantitative estimate of drug-likeness (QED) is 0.198. The van der Waals surface area contributed by atoms with Crippen LogP contribution in [-0.4, -0.2) is 50.4 Å². The van der Waals surface area contributed by atoms with Crippen LogP contribution in [0.2, 0.25) is 0 Å². The molecule has 0 aliphatic heterocycles. The minimum absolute atomic E-state index is 0.0320. The van der Waals surface area contributed by atoms with E-state index in [2.05, 4.69) is 20.0 Å². The smallest absolute Gasteiger partial charge is 0.459 e.